The molecule has 1 aromatic heterocycles. The van der Waals surface area contributed by atoms with Crippen LogP contribution in [-0.4, -0.2) is 36.0 Å². The van der Waals surface area contributed by atoms with Gasteiger partial charge in [-0.1, -0.05) is 36.4 Å². The van der Waals surface area contributed by atoms with Crippen LogP contribution in [0.4, 0.5) is 0 Å². The molecule has 3 aromatic rings. The zero-order valence-electron chi connectivity index (χ0n) is 17.2. The second kappa shape index (κ2) is 8.93. The quantitative estimate of drug-likeness (QED) is 0.593. The number of ether oxygens (including phenoxy) is 3. The van der Waals surface area contributed by atoms with E-state index >= 15 is 0 Å². The van der Waals surface area contributed by atoms with E-state index in [0.29, 0.717) is 41.3 Å². The zero-order valence-corrected chi connectivity index (χ0v) is 18.0. The van der Waals surface area contributed by atoms with E-state index in [2.05, 4.69) is 11.9 Å². The molecule has 0 amide bonds. The standard InChI is InChI=1S/C23H24N2O4S/c1-15-4-7-18(8-5-15)30-22-23(26)25(11-10-24-22)17-6-9-19(20(12-17)27-3)29-21-14-28-13-16(21)2/h4-12,16,21H,13-14H2,1-3H3/t16-,21?/m1/s1. The Bertz CT molecular complexity index is 1080. The molecule has 156 valence electrons. The van der Waals surface area contributed by atoms with Crippen LogP contribution in [0.1, 0.15) is 12.5 Å². The van der Waals surface area contributed by atoms with E-state index in [1.54, 1.807) is 30.1 Å². The van der Waals surface area contributed by atoms with Gasteiger partial charge in [-0.2, -0.15) is 0 Å². The molecule has 2 heterocycles. The van der Waals surface area contributed by atoms with Gasteiger partial charge in [0.25, 0.3) is 5.56 Å². The fourth-order valence-electron chi connectivity index (χ4n) is 3.24. The lowest BCUT2D eigenvalue weighted by molar-refractivity contribution is 0.135. The Morgan fingerprint density at radius 1 is 1.13 bits per heavy atom. The molecule has 4 rings (SSSR count). The molecule has 30 heavy (non-hydrogen) atoms. The summed E-state index contributed by atoms with van der Waals surface area (Å²) in [6.07, 6.45) is 3.28. The summed E-state index contributed by atoms with van der Waals surface area (Å²) in [4.78, 5) is 18.3. The number of aryl methyl sites for hydroxylation is 1. The Morgan fingerprint density at radius 2 is 1.93 bits per heavy atom. The van der Waals surface area contributed by atoms with Crippen LogP contribution < -0.4 is 15.0 Å². The van der Waals surface area contributed by atoms with Crippen LogP contribution in [0.3, 0.4) is 0 Å². The Morgan fingerprint density at radius 3 is 2.63 bits per heavy atom. The molecule has 1 aliphatic heterocycles. The van der Waals surface area contributed by atoms with E-state index in [-0.39, 0.29) is 11.7 Å². The topological polar surface area (TPSA) is 62.6 Å². The van der Waals surface area contributed by atoms with Crippen molar-refractivity contribution in [3.05, 3.63) is 70.8 Å². The molecule has 1 saturated heterocycles. The lowest BCUT2D eigenvalue weighted by atomic mass is 10.1. The minimum absolute atomic E-state index is 0.00842. The Labute approximate surface area is 179 Å². The highest BCUT2D eigenvalue weighted by Crippen LogP contribution is 2.32. The Balaban J connectivity index is 1.62. The number of hydrogen-bond donors (Lipinski definition) is 0. The van der Waals surface area contributed by atoms with Gasteiger partial charge in [0.15, 0.2) is 16.5 Å². The molecule has 0 bridgehead atoms. The van der Waals surface area contributed by atoms with Crippen LogP contribution >= 0.6 is 11.8 Å². The molecule has 2 atom stereocenters. The molecule has 1 aliphatic rings. The van der Waals surface area contributed by atoms with Gasteiger partial charge in [0.05, 0.1) is 26.0 Å². The molecule has 6 nitrogen and oxygen atoms in total. The van der Waals surface area contributed by atoms with Gasteiger partial charge in [-0.15, -0.1) is 0 Å². The molecule has 2 aromatic carbocycles. The molecule has 0 saturated carbocycles. The van der Waals surface area contributed by atoms with Gasteiger partial charge in [-0.3, -0.25) is 9.36 Å². The van der Waals surface area contributed by atoms with Crippen molar-refractivity contribution in [2.75, 3.05) is 20.3 Å². The van der Waals surface area contributed by atoms with Gasteiger partial charge in [-0.25, -0.2) is 4.98 Å². The van der Waals surface area contributed by atoms with Gasteiger partial charge >= 0.3 is 0 Å². The first-order chi connectivity index (χ1) is 14.5. The Hall–Kier alpha value is -2.77. The SMILES string of the molecule is COc1cc(-n2ccnc(Sc3ccc(C)cc3)c2=O)ccc1OC1COC[C@H]1C. The minimum Gasteiger partial charge on any atom is -0.493 e. The summed E-state index contributed by atoms with van der Waals surface area (Å²) < 4.78 is 18.7. The van der Waals surface area contributed by atoms with Crippen LogP contribution in [0.2, 0.25) is 0 Å². The summed E-state index contributed by atoms with van der Waals surface area (Å²) in [5.74, 6) is 1.53. The highest BCUT2D eigenvalue weighted by atomic mass is 32.2. The molecule has 0 spiro atoms. The number of methoxy groups -OCH3 is 1. The summed E-state index contributed by atoms with van der Waals surface area (Å²) in [5, 5.41) is 0.414. The third-order valence-electron chi connectivity index (χ3n) is 5.05. The maximum absolute atomic E-state index is 13.0. The number of rotatable bonds is 6. The first kappa shape index (κ1) is 20.5. The normalized spacial score (nSPS) is 18.4. The van der Waals surface area contributed by atoms with E-state index in [1.165, 1.54) is 17.3 Å². The van der Waals surface area contributed by atoms with Gasteiger partial charge in [0.1, 0.15) is 6.10 Å². The predicted octanol–water partition coefficient (Wildman–Crippen LogP) is 4.11. The average Bonchev–Trinajstić information content (AvgIpc) is 3.16. The monoisotopic (exact) mass is 424 g/mol. The maximum atomic E-state index is 13.0. The van der Waals surface area contributed by atoms with Gasteiger partial charge in [-0.05, 0) is 31.2 Å². The van der Waals surface area contributed by atoms with Crippen molar-refractivity contribution in [2.24, 2.45) is 5.92 Å². The van der Waals surface area contributed by atoms with Crippen molar-refractivity contribution in [1.29, 1.82) is 0 Å². The van der Waals surface area contributed by atoms with Crippen LogP contribution in [0, 0.1) is 12.8 Å². The van der Waals surface area contributed by atoms with E-state index < -0.39 is 0 Å². The first-order valence-electron chi connectivity index (χ1n) is 9.80. The fraction of sp³-hybridized carbons (Fsp3) is 0.304. The first-order valence-corrected chi connectivity index (χ1v) is 10.6. The van der Waals surface area contributed by atoms with Crippen molar-refractivity contribution < 1.29 is 14.2 Å². The highest BCUT2D eigenvalue weighted by molar-refractivity contribution is 7.99. The number of benzene rings is 2. The summed E-state index contributed by atoms with van der Waals surface area (Å²) in [7, 11) is 1.59. The maximum Gasteiger partial charge on any atom is 0.287 e. The summed E-state index contributed by atoms with van der Waals surface area (Å²) in [6, 6.07) is 13.5. The molecule has 7 heteroatoms. The lowest BCUT2D eigenvalue weighted by Crippen LogP contribution is -2.23. The lowest BCUT2D eigenvalue weighted by Gasteiger charge is -2.19. The van der Waals surface area contributed by atoms with Crippen molar-refractivity contribution in [1.82, 2.24) is 9.55 Å². The van der Waals surface area contributed by atoms with E-state index in [9.17, 15) is 4.79 Å². The van der Waals surface area contributed by atoms with Crippen molar-refractivity contribution in [3.8, 4) is 17.2 Å². The average molecular weight is 425 g/mol. The van der Waals surface area contributed by atoms with E-state index in [4.69, 9.17) is 14.2 Å². The van der Waals surface area contributed by atoms with E-state index in [0.717, 1.165) is 4.90 Å². The van der Waals surface area contributed by atoms with Crippen molar-refractivity contribution in [2.45, 2.75) is 29.9 Å². The third kappa shape index (κ3) is 4.37. The molecular weight excluding hydrogens is 400 g/mol. The highest BCUT2D eigenvalue weighted by Gasteiger charge is 2.27. The molecule has 1 unspecified atom stereocenters. The molecular formula is C23H24N2O4S. The number of aromatic nitrogens is 2. The fourth-order valence-corrected chi connectivity index (χ4v) is 4.04. The van der Waals surface area contributed by atoms with Crippen LogP contribution in [0.25, 0.3) is 5.69 Å². The summed E-state index contributed by atoms with van der Waals surface area (Å²) in [6.45, 7) is 5.39. The van der Waals surface area contributed by atoms with Crippen LogP contribution in [0.5, 0.6) is 11.5 Å². The minimum atomic E-state index is -0.184. The molecule has 0 radical (unpaired) electrons. The predicted molar refractivity (Wildman–Crippen MR) is 116 cm³/mol. The van der Waals surface area contributed by atoms with Gasteiger partial charge in [0.2, 0.25) is 0 Å². The second-order valence-electron chi connectivity index (χ2n) is 7.33. The molecule has 1 fully saturated rings. The van der Waals surface area contributed by atoms with E-state index in [1.807, 2.05) is 43.3 Å². The van der Waals surface area contributed by atoms with Gasteiger partial charge in [0, 0.05) is 29.3 Å². The zero-order chi connectivity index (χ0) is 21.1. The number of hydrogen-bond acceptors (Lipinski definition) is 6. The smallest absolute Gasteiger partial charge is 0.287 e. The summed E-state index contributed by atoms with van der Waals surface area (Å²) >= 11 is 1.35. The number of nitrogens with zero attached hydrogens (tertiary/aromatic N) is 2. The second-order valence-corrected chi connectivity index (χ2v) is 8.39. The molecule has 0 aliphatic carbocycles. The largest absolute Gasteiger partial charge is 0.493 e. The summed E-state index contributed by atoms with van der Waals surface area (Å²) in [5.41, 5.74) is 1.68. The van der Waals surface area contributed by atoms with Crippen LogP contribution in [0.15, 0.2) is 69.6 Å². The Kier molecular flexibility index (Phi) is 6.11. The third-order valence-corrected chi connectivity index (χ3v) is 6.03. The van der Waals surface area contributed by atoms with Crippen molar-refractivity contribution in [3.63, 3.8) is 0 Å². The molecule has 0 N–H and O–H groups in total. The van der Waals surface area contributed by atoms with Crippen molar-refractivity contribution >= 4 is 11.8 Å². The van der Waals surface area contributed by atoms with Crippen LogP contribution in [-0.2, 0) is 4.74 Å². The van der Waals surface area contributed by atoms with Gasteiger partial charge < -0.3 is 14.2 Å².